The molecular formula is C33H36N2O4. The lowest BCUT2D eigenvalue weighted by atomic mass is 9.87. The second kappa shape index (κ2) is 11.8. The van der Waals surface area contributed by atoms with E-state index in [1.807, 2.05) is 55.1 Å². The average molecular weight is 525 g/mol. The Hall–Kier alpha value is -4.03. The van der Waals surface area contributed by atoms with E-state index in [2.05, 4.69) is 47.4 Å². The Kier molecular flexibility index (Phi) is 8.03. The molecule has 3 aromatic carbocycles. The first kappa shape index (κ1) is 26.6. The molecule has 0 spiro atoms. The summed E-state index contributed by atoms with van der Waals surface area (Å²) in [5.74, 6) is 3.28. The number of hydrogen-bond acceptors (Lipinski definition) is 5. The van der Waals surface area contributed by atoms with Gasteiger partial charge in [0, 0.05) is 30.8 Å². The molecule has 39 heavy (non-hydrogen) atoms. The maximum atomic E-state index is 12.9. The second-order valence-corrected chi connectivity index (χ2v) is 9.76. The van der Waals surface area contributed by atoms with Crippen LogP contribution in [0.25, 0.3) is 11.3 Å². The van der Waals surface area contributed by atoms with Crippen LogP contribution >= 0.6 is 0 Å². The average Bonchev–Trinajstić information content (AvgIpc) is 3.46. The van der Waals surface area contributed by atoms with E-state index in [0.717, 1.165) is 41.4 Å². The minimum atomic E-state index is -0.0311. The highest BCUT2D eigenvalue weighted by Crippen LogP contribution is 2.42. The lowest BCUT2D eigenvalue weighted by Crippen LogP contribution is -2.35. The number of hydrogen-bond donors (Lipinski definition) is 0. The fourth-order valence-corrected chi connectivity index (χ4v) is 5.48. The lowest BCUT2D eigenvalue weighted by molar-refractivity contribution is 0.0773. The number of methoxy groups -OCH3 is 2. The van der Waals surface area contributed by atoms with Gasteiger partial charge in [-0.25, -0.2) is 0 Å². The van der Waals surface area contributed by atoms with E-state index in [-0.39, 0.29) is 11.9 Å². The number of carbonyl (C=O) groups excluding carboxylic acids is 1. The number of fused-ring (bicyclic) bond motifs is 1. The topological polar surface area (TPSA) is 55.2 Å². The summed E-state index contributed by atoms with van der Waals surface area (Å²) in [5.41, 5.74) is 5.30. The van der Waals surface area contributed by atoms with E-state index in [1.165, 1.54) is 11.1 Å². The van der Waals surface area contributed by atoms with Crippen LogP contribution in [0.1, 0.15) is 52.7 Å². The van der Waals surface area contributed by atoms with Crippen LogP contribution in [0.15, 0.2) is 83.3 Å². The minimum absolute atomic E-state index is 0.0311. The summed E-state index contributed by atoms with van der Waals surface area (Å²) in [6.07, 6.45) is 0.886. The SMILES string of the molecule is CCN(CC)C(=O)c1ccc(C2c3cc(OC)c(OC)cc3CCN2Cc2ccc(-c3ccccc3)o2)cc1. The highest BCUT2D eigenvalue weighted by Gasteiger charge is 2.31. The number of amides is 1. The predicted octanol–water partition coefficient (Wildman–Crippen LogP) is 6.59. The fourth-order valence-electron chi connectivity index (χ4n) is 5.48. The maximum absolute atomic E-state index is 12.9. The summed E-state index contributed by atoms with van der Waals surface area (Å²) in [6.45, 7) is 6.91. The molecule has 0 fully saturated rings. The maximum Gasteiger partial charge on any atom is 0.253 e. The van der Waals surface area contributed by atoms with Crippen molar-refractivity contribution in [2.45, 2.75) is 32.9 Å². The van der Waals surface area contributed by atoms with Crippen molar-refractivity contribution in [3.05, 3.63) is 107 Å². The van der Waals surface area contributed by atoms with Crippen molar-refractivity contribution in [2.75, 3.05) is 33.9 Å². The molecule has 1 atom stereocenters. The van der Waals surface area contributed by atoms with Crippen LogP contribution < -0.4 is 9.47 Å². The Morgan fingerprint density at radius 3 is 2.28 bits per heavy atom. The molecule has 4 aromatic rings. The summed E-state index contributed by atoms with van der Waals surface area (Å²) in [4.78, 5) is 17.2. The Bertz CT molecular complexity index is 1410. The van der Waals surface area contributed by atoms with Crippen molar-refractivity contribution < 1.29 is 18.7 Å². The molecule has 0 bridgehead atoms. The van der Waals surface area contributed by atoms with Crippen LogP contribution in [-0.2, 0) is 13.0 Å². The molecule has 1 aliphatic heterocycles. The van der Waals surface area contributed by atoms with Crippen molar-refractivity contribution in [3.63, 3.8) is 0 Å². The van der Waals surface area contributed by atoms with Crippen LogP contribution in [-0.4, -0.2) is 49.6 Å². The first-order valence-electron chi connectivity index (χ1n) is 13.6. The number of furan rings is 1. The molecule has 2 heterocycles. The van der Waals surface area contributed by atoms with E-state index in [4.69, 9.17) is 13.9 Å². The van der Waals surface area contributed by atoms with Crippen molar-refractivity contribution in [2.24, 2.45) is 0 Å². The molecule has 0 N–H and O–H groups in total. The monoisotopic (exact) mass is 524 g/mol. The van der Waals surface area contributed by atoms with Crippen LogP contribution in [0.3, 0.4) is 0 Å². The van der Waals surface area contributed by atoms with E-state index >= 15 is 0 Å². The molecular weight excluding hydrogens is 488 g/mol. The van der Waals surface area contributed by atoms with Crippen molar-refractivity contribution in [1.29, 1.82) is 0 Å². The largest absolute Gasteiger partial charge is 0.493 e. The van der Waals surface area contributed by atoms with Crippen LogP contribution in [0.5, 0.6) is 11.5 Å². The van der Waals surface area contributed by atoms with Gasteiger partial charge in [0.1, 0.15) is 11.5 Å². The van der Waals surface area contributed by atoms with Gasteiger partial charge in [-0.2, -0.15) is 0 Å². The van der Waals surface area contributed by atoms with Gasteiger partial charge in [-0.05, 0) is 73.4 Å². The highest BCUT2D eigenvalue weighted by atomic mass is 16.5. The van der Waals surface area contributed by atoms with Crippen molar-refractivity contribution >= 4 is 5.91 Å². The summed E-state index contributed by atoms with van der Waals surface area (Å²) in [7, 11) is 3.34. The Morgan fingerprint density at radius 1 is 0.923 bits per heavy atom. The Balaban J connectivity index is 1.51. The number of nitrogens with zero attached hydrogens (tertiary/aromatic N) is 2. The van der Waals surface area contributed by atoms with Crippen LogP contribution in [0.2, 0.25) is 0 Å². The molecule has 1 aliphatic rings. The van der Waals surface area contributed by atoms with E-state index < -0.39 is 0 Å². The van der Waals surface area contributed by atoms with E-state index in [0.29, 0.717) is 30.9 Å². The molecule has 0 aliphatic carbocycles. The smallest absolute Gasteiger partial charge is 0.253 e. The molecule has 1 amide bonds. The number of rotatable bonds is 9. The van der Waals surface area contributed by atoms with Gasteiger partial charge >= 0.3 is 0 Å². The molecule has 0 radical (unpaired) electrons. The molecule has 0 saturated heterocycles. The van der Waals surface area contributed by atoms with Gasteiger partial charge in [-0.1, -0.05) is 42.5 Å². The van der Waals surface area contributed by atoms with Gasteiger partial charge < -0.3 is 18.8 Å². The number of ether oxygens (including phenoxy) is 2. The zero-order chi connectivity index (χ0) is 27.4. The third-order valence-electron chi connectivity index (χ3n) is 7.58. The van der Waals surface area contributed by atoms with Gasteiger partial charge in [0.2, 0.25) is 0 Å². The highest BCUT2D eigenvalue weighted by molar-refractivity contribution is 5.94. The third-order valence-corrected chi connectivity index (χ3v) is 7.58. The van der Waals surface area contributed by atoms with Gasteiger partial charge in [-0.3, -0.25) is 9.69 Å². The molecule has 0 saturated carbocycles. The molecule has 6 nitrogen and oxygen atoms in total. The molecule has 5 rings (SSSR count). The number of carbonyl (C=O) groups is 1. The minimum Gasteiger partial charge on any atom is -0.493 e. The second-order valence-electron chi connectivity index (χ2n) is 9.76. The zero-order valence-corrected chi connectivity index (χ0v) is 23.1. The normalized spacial score (nSPS) is 15.0. The third kappa shape index (κ3) is 5.43. The Labute approximate surface area is 230 Å². The summed E-state index contributed by atoms with van der Waals surface area (Å²) >= 11 is 0. The molecule has 202 valence electrons. The fraction of sp³-hybridized carbons (Fsp3) is 0.303. The van der Waals surface area contributed by atoms with Gasteiger partial charge in [0.15, 0.2) is 11.5 Å². The molecule has 6 heteroatoms. The van der Waals surface area contributed by atoms with Gasteiger partial charge in [-0.15, -0.1) is 0 Å². The van der Waals surface area contributed by atoms with E-state index in [9.17, 15) is 4.79 Å². The summed E-state index contributed by atoms with van der Waals surface area (Å²) in [5, 5.41) is 0. The van der Waals surface area contributed by atoms with Crippen LogP contribution in [0.4, 0.5) is 0 Å². The first-order chi connectivity index (χ1) is 19.1. The quantitative estimate of drug-likeness (QED) is 0.247. The summed E-state index contributed by atoms with van der Waals surface area (Å²) in [6, 6.07) is 26.5. The molecule has 1 unspecified atom stereocenters. The van der Waals surface area contributed by atoms with Crippen LogP contribution in [0, 0.1) is 0 Å². The Morgan fingerprint density at radius 2 is 1.62 bits per heavy atom. The lowest BCUT2D eigenvalue weighted by Gasteiger charge is -2.37. The van der Waals surface area contributed by atoms with Gasteiger partial charge in [0.25, 0.3) is 5.91 Å². The standard InChI is InChI=1S/C33H36N2O4/c1-5-34(6-2)33(36)25-14-12-24(13-15-25)32-28-21-31(38-4)30(37-3)20-26(28)18-19-35(32)22-27-16-17-29(39-27)23-10-8-7-9-11-23/h7-17,20-21,32H,5-6,18-19,22H2,1-4H3. The molecule has 1 aromatic heterocycles. The van der Waals surface area contributed by atoms with Crippen molar-refractivity contribution in [3.8, 4) is 22.8 Å². The van der Waals surface area contributed by atoms with E-state index in [1.54, 1.807) is 14.2 Å². The zero-order valence-electron chi connectivity index (χ0n) is 23.1. The van der Waals surface area contributed by atoms with Crippen molar-refractivity contribution in [1.82, 2.24) is 9.80 Å². The van der Waals surface area contributed by atoms with Gasteiger partial charge in [0.05, 0.1) is 26.8 Å². The summed E-state index contributed by atoms with van der Waals surface area (Å²) < 4.78 is 17.6. The first-order valence-corrected chi connectivity index (χ1v) is 13.6. The predicted molar refractivity (Wildman–Crippen MR) is 153 cm³/mol. The number of benzene rings is 3.